The summed E-state index contributed by atoms with van der Waals surface area (Å²) in [6.45, 7) is -2.55. The van der Waals surface area contributed by atoms with Gasteiger partial charge in [-0.25, -0.2) is 0 Å². The average molecular weight is 691 g/mol. The van der Waals surface area contributed by atoms with Crippen LogP contribution in [0.4, 0.5) is 0 Å². The number of halogens is 4. The smallest absolute Gasteiger partial charge is 0.264 e. The fraction of sp³-hybridized carbons (Fsp3) is 0.280. The van der Waals surface area contributed by atoms with Crippen LogP contribution in [0, 0.1) is 0 Å². The molecule has 36 heavy (non-hydrogen) atoms. The molecule has 11 heteroatoms. The summed E-state index contributed by atoms with van der Waals surface area (Å²) in [6.07, 6.45) is 1.07. The molecule has 3 rings (SSSR count). The minimum atomic E-state index is -3.83. The second kappa shape index (κ2) is 18.0. The summed E-state index contributed by atoms with van der Waals surface area (Å²) in [6, 6.07) is 19.1. The van der Waals surface area contributed by atoms with Gasteiger partial charge in [-0.2, -0.15) is 8.42 Å². The third-order valence-corrected chi connectivity index (χ3v) is 5.62. The number of benzene rings is 3. The molecular weight excluding hydrogens is 659 g/mol. The second-order valence-corrected chi connectivity index (χ2v) is 10.9. The van der Waals surface area contributed by atoms with Gasteiger partial charge in [-0.15, -0.1) is 0 Å². The molecule has 0 aliphatic rings. The van der Waals surface area contributed by atoms with Gasteiger partial charge >= 0.3 is 0 Å². The van der Waals surface area contributed by atoms with Crippen LogP contribution in [-0.2, 0) is 25.6 Å². The number of aromatic hydroxyl groups is 1. The third kappa shape index (κ3) is 15.7. The lowest BCUT2D eigenvalue weighted by Gasteiger charge is -2.05. The Morgan fingerprint density at radius 2 is 1.56 bits per heavy atom. The van der Waals surface area contributed by atoms with Gasteiger partial charge in [0.2, 0.25) is 0 Å². The van der Waals surface area contributed by atoms with Crippen molar-refractivity contribution in [3.8, 4) is 11.5 Å². The molecule has 0 atom stereocenters. The highest BCUT2D eigenvalue weighted by atomic mass is 79.9. The summed E-state index contributed by atoms with van der Waals surface area (Å²) in [7, 11) is -3.83. The van der Waals surface area contributed by atoms with E-state index in [1.807, 2.05) is 30.3 Å². The highest BCUT2D eigenvalue weighted by Crippen LogP contribution is 2.27. The first-order valence-electron chi connectivity index (χ1n) is 12.2. The standard InChI is InChI=1S/C10H14O4S.C9H10BrClO.C6H4BrClO/c1-15(11,12)14-8-7-13-9-10-5-3-2-4-6-10;1-2-5-12-9-4-3-7(10)6-8(9)11;7-4-1-2-6(9)5(8)3-4/h2-6H,7-9H2,1H3;3-4,6H,2,5H2,1H3;1-3,9H/i8D2;5D2;. The Kier molecular flexibility index (Phi) is 13.1. The summed E-state index contributed by atoms with van der Waals surface area (Å²) in [5.41, 5.74) is 0.877. The summed E-state index contributed by atoms with van der Waals surface area (Å²) in [5.74, 6) is 0.474. The third-order valence-electron chi connectivity index (χ3n) is 3.61. The lowest BCUT2D eigenvalue weighted by atomic mass is 10.2. The Bertz CT molecular complexity index is 1320. The van der Waals surface area contributed by atoms with Gasteiger partial charge in [0, 0.05) is 8.95 Å². The summed E-state index contributed by atoms with van der Waals surface area (Å²) < 4.78 is 67.1. The van der Waals surface area contributed by atoms with E-state index in [0.29, 0.717) is 15.8 Å². The van der Waals surface area contributed by atoms with Crippen LogP contribution in [0.2, 0.25) is 10.0 Å². The minimum absolute atomic E-state index is 0.111. The number of rotatable bonds is 9. The first-order valence-corrected chi connectivity index (χ1v) is 14.4. The van der Waals surface area contributed by atoms with E-state index in [1.54, 1.807) is 37.3 Å². The molecule has 198 valence electrons. The Balaban J connectivity index is 0.000000314. The van der Waals surface area contributed by atoms with Crippen LogP contribution in [0.3, 0.4) is 0 Å². The van der Waals surface area contributed by atoms with E-state index in [2.05, 4.69) is 36.0 Å². The fourth-order valence-corrected chi connectivity index (χ4v) is 3.75. The van der Waals surface area contributed by atoms with Crippen LogP contribution in [0.15, 0.2) is 75.7 Å². The molecule has 0 amide bonds. The lowest BCUT2D eigenvalue weighted by molar-refractivity contribution is 0.0911. The molecule has 1 N–H and O–H groups in total. The molecular formula is C25H28Br2Cl2O6S. The summed E-state index contributed by atoms with van der Waals surface area (Å²) in [5, 5.41) is 9.66. The molecule has 0 spiro atoms. The summed E-state index contributed by atoms with van der Waals surface area (Å²) in [4.78, 5) is 0. The first-order chi connectivity index (χ1) is 18.4. The number of hydrogen-bond donors (Lipinski definition) is 1. The van der Waals surface area contributed by atoms with Crippen LogP contribution in [0.25, 0.3) is 0 Å². The molecule has 0 aliphatic heterocycles. The Labute approximate surface area is 245 Å². The molecule has 0 aromatic heterocycles. The van der Waals surface area contributed by atoms with Crippen molar-refractivity contribution in [1.29, 1.82) is 0 Å². The van der Waals surface area contributed by atoms with Gasteiger partial charge in [0.15, 0.2) is 0 Å². The van der Waals surface area contributed by atoms with Crippen molar-refractivity contribution in [3.63, 3.8) is 0 Å². The Morgan fingerprint density at radius 1 is 0.944 bits per heavy atom. The predicted octanol–water partition coefficient (Wildman–Crippen LogP) is 7.88. The predicted molar refractivity (Wildman–Crippen MR) is 153 cm³/mol. The van der Waals surface area contributed by atoms with Crippen molar-refractivity contribution in [1.82, 2.24) is 0 Å². The van der Waals surface area contributed by atoms with E-state index >= 15 is 0 Å². The topological polar surface area (TPSA) is 82.1 Å². The van der Waals surface area contributed by atoms with Crippen molar-refractivity contribution in [2.24, 2.45) is 0 Å². The highest BCUT2D eigenvalue weighted by Gasteiger charge is 2.01. The van der Waals surface area contributed by atoms with Gasteiger partial charge in [-0.05, 0) is 48.4 Å². The quantitative estimate of drug-likeness (QED) is 0.230. The van der Waals surface area contributed by atoms with Gasteiger partial charge < -0.3 is 14.6 Å². The molecule has 0 fully saturated rings. The van der Waals surface area contributed by atoms with E-state index in [-0.39, 0.29) is 18.8 Å². The molecule has 0 aliphatic carbocycles. The zero-order valence-corrected chi connectivity index (χ0v) is 24.9. The van der Waals surface area contributed by atoms with E-state index in [1.165, 1.54) is 6.07 Å². The van der Waals surface area contributed by atoms with Gasteiger partial charge in [0.1, 0.15) is 11.5 Å². The van der Waals surface area contributed by atoms with E-state index < -0.39 is 29.8 Å². The molecule has 0 saturated heterocycles. The SMILES string of the molecule is Oc1ccc(Br)cc1Cl.[2H]C([2H])(CC)Oc1ccc(Br)cc1Cl.[2H]C([2H])(COCc1ccccc1)OS(C)(=O)=O. The van der Waals surface area contributed by atoms with Crippen LogP contribution >= 0.6 is 55.1 Å². The van der Waals surface area contributed by atoms with Crippen molar-refractivity contribution in [2.45, 2.75) is 20.0 Å². The maximum Gasteiger partial charge on any atom is 0.264 e. The molecule has 0 unspecified atom stereocenters. The van der Waals surface area contributed by atoms with Crippen molar-refractivity contribution in [3.05, 3.63) is 91.3 Å². The van der Waals surface area contributed by atoms with Crippen LogP contribution < -0.4 is 4.74 Å². The number of hydrogen-bond acceptors (Lipinski definition) is 6. The monoisotopic (exact) mass is 688 g/mol. The normalized spacial score (nSPS) is 12.9. The van der Waals surface area contributed by atoms with Crippen LogP contribution in [-0.4, -0.2) is 39.5 Å². The van der Waals surface area contributed by atoms with Crippen molar-refractivity contribution >= 4 is 65.2 Å². The maximum absolute atomic E-state index is 10.8. The second-order valence-electron chi connectivity index (χ2n) is 6.68. The molecule has 6 nitrogen and oxygen atoms in total. The van der Waals surface area contributed by atoms with Gasteiger partial charge in [-0.1, -0.05) is 92.3 Å². The lowest BCUT2D eigenvalue weighted by Crippen LogP contribution is -2.09. The summed E-state index contributed by atoms with van der Waals surface area (Å²) >= 11 is 17.9. The first kappa shape index (κ1) is 26.3. The average Bonchev–Trinajstić information content (AvgIpc) is 2.83. The van der Waals surface area contributed by atoms with Crippen molar-refractivity contribution < 1.29 is 32.7 Å². The molecule has 3 aromatic carbocycles. The molecule has 0 radical (unpaired) electrons. The van der Waals surface area contributed by atoms with E-state index in [4.69, 9.17) is 43.3 Å². The molecule has 0 heterocycles. The Hall–Kier alpha value is -1.33. The van der Waals surface area contributed by atoms with Gasteiger partial charge in [0.05, 0.1) is 48.1 Å². The van der Waals surface area contributed by atoms with Gasteiger partial charge in [0.25, 0.3) is 10.1 Å². The van der Waals surface area contributed by atoms with E-state index in [9.17, 15) is 8.42 Å². The molecule has 0 saturated carbocycles. The van der Waals surface area contributed by atoms with E-state index in [0.717, 1.165) is 20.8 Å². The number of ether oxygens (including phenoxy) is 2. The number of phenols is 1. The zero-order chi connectivity index (χ0) is 30.6. The molecule has 3 aromatic rings. The molecule has 0 bridgehead atoms. The number of phenolic OH excluding ortho intramolecular Hbond substituents is 1. The van der Waals surface area contributed by atoms with Gasteiger partial charge in [-0.3, -0.25) is 4.18 Å². The maximum atomic E-state index is 10.8. The Morgan fingerprint density at radius 3 is 2.08 bits per heavy atom. The van der Waals surface area contributed by atoms with Crippen LogP contribution in [0.1, 0.15) is 24.4 Å². The minimum Gasteiger partial charge on any atom is -0.506 e. The zero-order valence-electron chi connectivity index (χ0n) is 23.4. The largest absolute Gasteiger partial charge is 0.506 e. The van der Waals surface area contributed by atoms with Crippen LogP contribution in [0.5, 0.6) is 11.5 Å². The van der Waals surface area contributed by atoms with Crippen molar-refractivity contribution in [2.75, 3.05) is 26.0 Å². The fourth-order valence-electron chi connectivity index (χ4n) is 2.11. The highest BCUT2D eigenvalue weighted by molar-refractivity contribution is 9.10.